The van der Waals surface area contributed by atoms with Gasteiger partial charge < -0.3 is 5.32 Å². The molecule has 1 N–H and O–H groups in total. The molecule has 0 saturated carbocycles. The number of Topliss-reactive ketones (excluding diaryl/α,β-unsaturated/α-hetero) is 1. The van der Waals surface area contributed by atoms with Crippen molar-refractivity contribution in [1.29, 1.82) is 0 Å². The van der Waals surface area contributed by atoms with Crippen LogP contribution in [-0.4, -0.2) is 16.7 Å². The lowest BCUT2D eigenvalue weighted by Gasteiger charge is -2.20. The van der Waals surface area contributed by atoms with E-state index in [1.54, 1.807) is 12.3 Å². The van der Waals surface area contributed by atoms with E-state index in [-0.39, 0.29) is 23.7 Å². The Morgan fingerprint density at radius 1 is 0.707 bits per heavy atom. The number of aryl methyl sites for hydroxylation is 2. The molecule has 0 aliphatic heterocycles. The molecule has 0 fully saturated rings. The van der Waals surface area contributed by atoms with E-state index < -0.39 is 0 Å². The smallest absolute Gasteiger partial charge is 0.251 e. The minimum atomic E-state index is -0.0987. The number of nitrogens with zero attached hydrogens (tertiary/aromatic N) is 1. The van der Waals surface area contributed by atoms with Crippen molar-refractivity contribution < 1.29 is 9.59 Å². The Kier molecular flexibility index (Phi) is 8.50. The Morgan fingerprint density at radius 2 is 1.34 bits per heavy atom. The molecule has 5 aromatic rings. The van der Waals surface area contributed by atoms with Crippen molar-refractivity contribution in [2.75, 3.05) is 0 Å². The Labute approximate surface area is 242 Å². The summed E-state index contributed by atoms with van der Waals surface area (Å²) in [7, 11) is 0. The summed E-state index contributed by atoms with van der Waals surface area (Å²) in [4.78, 5) is 30.4. The zero-order valence-electron chi connectivity index (χ0n) is 23.7. The number of hydrogen-bond donors (Lipinski definition) is 1. The first-order valence-corrected chi connectivity index (χ1v) is 14.0. The molecule has 1 aromatic heterocycles. The fraction of sp³-hybridized carbons (Fsp3) is 0.162. The summed E-state index contributed by atoms with van der Waals surface area (Å²) in [5, 5.41) is 3.07. The van der Waals surface area contributed by atoms with Gasteiger partial charge in [0.05, 0.1) is 6.04 Å². The maximum absolute atomic E-state index is 13.3. The zero-order valence-corrected chi connectivity index (χ0v) is 23.7. The largest absolute Gasteiger partial charge is 0.346 e. The normalized spacial score (nSPS) is 12.4. The van der Waals surface area contributed by atoms with E-state index >= 15 is 0 Å². The molecule has 4 nitrogen and oxygen atoms in total. The average Bonchev–Trinajstić information content (AvgIpc) is 3.01. The lowest BCUT2D eigenvalue weighted by Crippen LogP contribution is -2.26. The van der Waals surface area contributed by atoms with Gasteiger partial charge in [0, 0.05) is 35.4 Å². The summed E-state index contributed by atoms with van der Waals surface area (Å²) in [6.07, 6.45) is 2.07. The van der Waals surface area contributed by atoms with Crippen LogP contribution in [0.2, 0.25) is 0 Å². The summed E-state index contributed by atoms with van der Waals surface area (Å²) < 4.78 is 0. The molecule has 0 aliphatic rings. The predicted octanol–water partition coefficient (Wildman–Crippen LogP) is 8.26. The summed E-state index contributed by atoms with van der Waals surface area (Å²) in [5.74, 6) is -0.0643. The van der Waals surface area contributed by atoms with Crippen molar-refractivity contribution in [1.82, 2.24) is 10.3 Å². The predicted molar refractivity (Wildman–Crippen MR) is 165 cm³/mol. The number of amides is 1. The molecule has 2 atom stereocenters. The van der Waals surface area contributed by atoms with Crippen LogP contribution in [0.3, 0.4) is 0 Å². The van der Waals surface area contributed by atoms with Crippen LogP contribution in [-0.2, 0) is 0 Å². The number of carbonyl (C=O) groups excluding carboxylic acids is 2. The van der Waals surface area contributed by atoms with Gasteiger partial charge in [0.1, 0.15) is 0 Å². The van der Waals surface area contributed by atoms with Crippen molar-refractivity contribution >= 4 is 11.7 Å². The molecule has 0 spiro atoms. The van der Waals surface area contributed by atoms with Gasteiger partial charge in [-0.3, -0.25) is 14.6 Å². The maximum Gasteiger partial charge on any atom is 0.251 e. The fourth-order valence-corrected chi connectivity index (χ4v) is 5.23. The van der Waals surface area contributed by atoms with Crippen LogP contribution in [0.5, 0.6) is 0 Å². The third kappa shape index (κ3) is 6.67. The summed E-state index contributed by atoms with van der Waals surface area (Å²) in [6.45, 7) is 5.98. The molecule has 5 rings (SSSR count). The topological polar surface area (TPSA) is 59.1 Å². The van der Waals surface area contributed by atoms with Crippen molar-refractivity contribution in [3.05, 3.63) is 161 Å². The second-order valence-corrected chi connectivity index (χ2v) is 10.5. The van der Waals surface area contributed by atoms with Crippen LogP contribution in [0.1, 0.15) is 74.0 Å². The Morgan fingerprint density at radius 3 is 2.00 bits per heavy atom. The lowest BCUT2D eigenvalue weighted by molar-refractivity contribution is 0.0938. The maximum atomic E-state index is 13.3. The average molecular weight is 539 g/mol. The van der Waals surface area contributed by atoms with Crippen LogP contribution in [0, 0.1) is 13.8 Å². The Hall–Kier alpha value is -4.83. The highest BCUT2D eigenvalue weighted by Gasteiger charge is 2.21. The minimum Gasteiger partial charge on any atom is -0.346 e. The molecular formula is C37H34N2O2. The van der Waals surface area contributed by atoms with Gasteiger partial charge in [-0.2, -0.15) is 0 Å². The number of benzene rings is 4. The third-order valence-electron chi connectivity index (χ3n) is 7.61. The fourth-order valence-electron chi connectivity index (χ4n) is 5.23. The SMILES string of the molecule is Cc1cc(C(=O)C[C@@H](c2ccc(-c3ccc(C(=O)N[C@H](C)c4ccccc4)cc3)cc2)c2ccccc2C)ccn1. The van der Waals surface area contributed by atoms with Crippen LogP contribution < -0.4 is 5.32 Å². The molecular weight excluding hydrogens is 504 g/mol. The number of nitrogens with one attached hydrogen (secondary N) is 1. The van der Waals surface area contributed by atoms with Gasteiger partial charge in [-0.15, -0.1) is 0 Å². The first-order valence-electron chi connectivity index (χ1n) is 14.0. The number of ketones is 1. The second kappa shape index (κ2) is 12.6. The van der Waals surface area contributed by atoms with E-state index in [1.165, 1.54) is 0 Å². The number of rotatable bonds is 9. The van der Waals surface area contributed by atoms with E-state index in [2.05, 4.69) is 53.6 Å². The van der Waals surface area contributed by atoms with Gasteiger partial charge in [0.15, 0.2) is 5.78 Å². The quantitative estimate of drug-likeness (QED) is 0.192. The van der Waals surface area contributed by atoms with Crippen LogP contribution in [0.25, 0.3) is 11.1 Å². The second-order valence-electron chi connectivity index (χ2n) is 10.5. The van der Waals surface area contributed by atoms with E-state index in [1.807, 2.05) is 86.6 Å². The standard InChI is InChI=1S/C37H34N2O2/c1-25-9-7-8-12-34(25)35(24-36(40)33-21-22-38-26(2)23-33)31-17-13-29(14-18-31)30-15-19-32(20-16-30)37(41)39-27(3)28-10-5-4-6-11-28/h4-23,27,35H,24H2,1-3H3,(H,39,41)/t27-,35+/m1/s1. The molecule has 1 heterocycles. The highest BCUT2D eigenvalue weighted by Crippen LogP contribution is 2.33. The van der Waals surface area contributed by atoms with Gasteiger partial charge >= 0.3 is 0 Å². The molecule has 0 saturated heterocycles. The van der Waals surface area contributed by atoms with Crippen molar-refractivity contribution in [2.24, 2.45) is 0 Å². The number of carbonyl (C=O) groups is 2. The molecule has 0 radical (unpaired) electrons. The van der Waals surface area contributed by atoms with Crippen LogP contribution in [0.15, 0.2) is 121 Å². The van der Waals surface area contributed by atoms with Gasteiger partial charge in [0.2, 0.25) is 0 Å². The first-order chi connectivity index (χ1) is 19.9. The lowest BCUT2D eigenvalue weighted by atomic mass is 9.83. The summed E-state index contributed by atoms with van der Waals surface area (Å²) in [5.41, 5.74) is 8.70. The Bertz CT molecular complexity index is 1640. The molecule has 1 amide bonds. The first kappa shape index (κ1) is 27.7. The molecule has 204 valence electrons. The van der Waals surface area contributed by atoms with Gasteiger partial charge in [-0.1, -0.05) is 91.0 Å². The van der Waals surface area contributed by atoms with Crippen LogP contribution in [0.4, 0.5) is 0 Å². The molecule has 0 bridgehead atoms. The van der Waals surface area contributed by atoms with Gasteiger partial charge in [-0.05, 0) is 78.4 Å². The highest BCUT2D eigenvalue weighted by atomic mass is 16.1. The number of hydrogen-bond acceptors (Lipinski definition) is 3. The van der Waals surface area contributed by atoms with E-state index in [9.17, 15) is 9.59 Å². The zero-order chi connectivity index (χ0) is 28.8. The van der Waals surface area contributed by atoms with Crippen molar-refractivity contribution in [3.63, 3.8) is 0 Å². The summed E-state index contributed by atoms with van der Waals surface area (Å²) in [6, 6.07) is 37.9. The van der Waals surface area contributed by atoms with Gasteiger partial charge in [-0.25, -0.2) is 0 Å². The van der Waals surface area contributed by atoms with Crippen molar-refractivity contribution in [2.45, 2.75) is 39.2 Å². The number of aromatic nitrogens is 1. The monoisotopic (exact) mass is 538 g/mol. The molecule has 4 aromatic carbocycles. The number of pyridine rings is 1. The van der Waals surface area contributed by atoms with Crippen LogP contribution >= 0.6 is 0 Å². The van der Waals surface area contributed by atoms with E-state index in [4.69, 9.17) is 0 Å². The van der Waals surface area contributed by atoms with E-state index in [0.29, 0.717) is 17.5 Å². The van der Waals surface area contributed by atoms with Crippen molar-refractivity contribution in [3.8, 4) is 11.1 Å². The molecule has 0 unspecified atom stereocenters. The molecule has 0 aliphatic carbocycles. The van der Waals surface area contributed by atoms with E-state index in [0.717, 1.165) is 39.1 Å². The minimum absolute atomic E-state index is 0.0658. The molecule has 4 heteroatoms. The molecule has 41 heavy (non-hydrogen) atoms. The summed E-state index contributed by atoms with van der Waals surface area (Å²) >= 11 is 0. The van der Waals surface area contributed by atoms with Gasteiger partial charge in [0.25, 0.3) is 5.91 Å². The highest BCUT2D eigenvalue weighted by molar-refractivity contribution is 5.97. The Balaban J connectivity index is 1.34. The third-order valence-corrected chi connectivity index (χ3v) is 7.61.